The van der Waals surface area contributed by atoms with Gasteiger partial charge in [0.1, 0.15) is 16.5 Å². The van der Waals surface area contributed by atoms with E-state index >= 15 is 0 Å². The molecule has 2 aromatic heterocycles. The summed E-state index contributed by atoms with van der Waals surface area (Å²) < 4.78 is 15.3. The van der Waals surface area contributed by atoms with Crippen LogP contribution in [0.2, 0.25) is 0 Å². The van der Waals surface area contributed by atoms with Gasteiger partial charge in [0.15, 0.2) is 0 Å². The number of fused-ring (bicyclic) bond motifs is 1. The van der Waals surface area contributed by atoms with Gasteiger partial charge in [-0.3, -0.25) is 4.40 Å². The number of aryl methyl sites for hydroxylation is 1. The van der Waals surface area contributed by atoms with E-state index in [1.54, 1.807) is 24.3 Å². The minimum Gasteiger partial charge on any atom is -0.324 e. The first-order valence-corrected chi connectivity index (χ1v) is 6.49. The van der Waals surface area contributed by atoms with E-state index < -0.39 is 0 Å². The third kappa shape index (κ3) is 1.63. The van der Waals surface area contributed by atoms with Crippen molar-refractivity contribution in [2.24, 2.45) is 5.73 Å². The van der Waals surface area contributed by atoms with Crippen molar-refractivity contribution >= 4 is 16.2 Å². The summed E-state index contributed by atoms with van der Waals surface area (Å²) in [5.41, 5.74) is 8.31. The number of imidazole rings is 1. The Balaban J connectivity index is 2.24. The molecule has 1 aromatic carbocycles. The van der Waals surface area contributed by atoms with Crippen molar-refractivity contribution in [3.8, 4) is 11.3 Å². The molecule has 0 amide bonds. The zero-order valence-electron chi connectivity index (χ0n) is 9.85. The highest BCUT2D eigenvalue weighted by Gasteiger charge is 2.11. The van der Waals surface area contributed by atoms with E-state index in [4.69, 9.17) is 5.73 Å². The van der Waals surface area contributed by atoms with Crippen molar-refractivity contribution in [2.75, 3.05) is 0 Å². The molecular formula is C13H12FN3S. The topological polar surface area (TPSA) is 43.3 Å². The van der Waals surface area contributed by atoms with E-state index in [0.29, 0.717) is 12.1 Å². The number of halogens is 1. The van der Waals surface area contributed by atoms with Crippen molar-refractivity contribution in [3.05, 3.63) is 47.0 Å². The number of hydrogen-bond donors (Lipinski definition) is 1. The van der Waals surface area contributed by atoms with Crippen molar-refractivity contribution in [1.29, 1.82) is 0 Å². The molecule has 2 heterocycles. The number of benzene rings is 1. The molecule has 0 unspecified atom stereocenters. The first-order valence-electron chi connectivity index (χ1n) is 5.61. The lowest BCUT2D eigenvalue weighted by atomic mass is 10.1. The second kappa shape index (κ2) is 4.19. The van der Waals surface area contributed by atoms with Gasteiger partial charge < -0.3 is 5.73 Å². The van der Waals surface area contributed by atoms with Crippen LogP contribution in [0, 0.1) is 12.7 Å². The highest BCUT2D eigenvalue weighted by Crippen LogP contribution is 2.28. The fourth-order valence-electron chi connectivity index (χ4n) is 2.03. The van der Waals surface area contributed by atoms with Gasteiger partial charge in [-0.05, 0) is 36.2 Å². The van der Waals surface area contributed by atoms with Crippen molar-refractivity contribution < 1.29 is 4.39 Å². The summed E-state index contributed by atoms with van der Waals surface area (Å²) in [4.78, 5) is 5.32. The third-order valence-corrected chi connectivity index (χ3v) is 3.84. The largest absolute Gasteiger partial charge is 0.324 e. The van der Waals surface area contributed by atoms with Gasteiger partial charge in [-0.15, -0.1) is 11.3 Å². The molecule has 3 nitrogen and oxygen atoms in total. The second-order valence-corrected chi connectivity index (χ2v) is 5.03. The number of hydrogen-bond acceptors (Lipinski definition) is 3. The fraction of sp³-hybridized carbons (Fsp3) is 0.154. The van der Waals surface area contributed by atoms with Crippen LogP contribution in [0.1, 0.15) is 11.4 Å². The zero-order chi connectivity index (χ0) is 12.7. The van der Waals surface area contributed by atoms with Gasteiger partial charge in [-0.2, -0.15) is 0 Å². The number of aromatic nitrogens is 2. The fourth-order valence-corrected chi connectivity index (χ4v) is 2.92. The SMILES string of the molecule is Cc1cc(-c2csc3cnc(CN)n23)ccc1F. The van der Waals surface area contributed by atoms with Gasteiger partial charge >= 0.3 is 0 Å². The van der Waals surface area contributed by atoms with Gasteiger partial charge in [0, 0.05) is 5.38 Å². The Kier molecular flexibility index (Phi) is 2.65. The summed E-state index contributed by atoms with van der Waals surface area (Å²) in [6, 6.07) is 5.12. The number of nitrogens with zero attached hydrogens (tertiary/aromatic N) is 2. The summed E-state index contributed by atoms with van der Waals surface area (Å²) in [5.74, 6) is 0.637. The molecule has 0 saturated heterocycles. The minimum absolute atomic E-state index is 0.185. The average Bonchev–Trinajstić information content (AvgIpc) is 2.93. The lowest BCUT2D eigenvalue weighted by molar-refractivity contribution is 0.618. The maximum Gasteiger partial charge on any atom is 0.128 e. The molecule has 2 N–H and O–H groups in total. The highest BCUT2D eigenvalue weighted by molar-refractivity contribution is 7.15. The first-order chi connectivity index (χ1) is 8.70. The Bertz CT molecular complexity index is 714. The van der Waals surface area contributed by atoms with Crippen LogP contribution < -0.4 is 5.73 Å². The molecule has 0 aliphatic rings. The van der Waals surface area contributed by atoms with Gasteiger partial charge in [0.05, 0.1) is 18.4 Å². The quantitative estimate of drug-likeness (QED) is 0.770. The van der Waals surface area contributed by atoms with Gasteiger partial charge in [-0.25, -0.2) is 9.37 Å². The molecule has 0 spiro atoms. The normalized spacial score (nSPS) is 11.3. The summed E-state index contributed by atoms with van der Waals surface area (Å²) in [7, 11) is 0. The molecule has 3 aromatic rings. The second-order valence-electron chi connectivity index (χ2n) is 4.14. The van der Waals surface area contributed by atoms with E-state index in [1.807, 2.05) is 22.0 Å². The molecule has 92 valence electrons. The highest BCUT2D eigenvalue weighted by atomic mass is 32.1. The molecule has 0 aliphatic heterocycles. The molecule has 0 radical (unpaired) electrons. The predicted octanol–water partition coefficient (Wildman–Crippen LogP) is 2.97. The Hall–Kier alpha value is -1.72. The maximum absolute atomic E-state index is 13.3. The van der Waals surface area contributed by atoms with Crippen LogP contribution in [0.15, 0.2) is 29.8 Å². The van der Waals surface area contributed by atoms with Gasteiger partial charge in [-0.1, -0.05) is 0 Å². The standard InChI is InChI=1S/C13H12FN3S/c1-8-4-9(2-3-10(8)14)11-7-18-13-6-16-12(5-15)17(11)13/h2-4,6-7H,5,15H2,1H3. The summed E-state index contributed by atoms with van der Waals surface area (Å²) >= 11 is 1.61. The van der Waals surface area contributed by atoms with Crippen molar-refractivity contribution in [1.82, 2.24) is 9.38 Å². The smallest absolute Gasteiger partial charge is 0.128 e. The molecule has 0 atom stereocenters. The Labute approximate surface area is 108 Å². The molecule has 0 saturated carbocycles. The molecule has 5 heteroatoms. The Morgan fingerprint density at radius 1 is 1.44 bits per heavy atom. The van der Waals surface area contributed by atoms with Crippen LogP contribution in [0.3, 0.4) is 0 Å². The van der Waals surface area contributed by atoms with E-state index in [-0.39, 0.29) is 5.82 Å². The molecule has 0 aliphatic carbocycles. The maximum atomic E-state index is 13.3. The van der Waals surface area contributed by atoms with Crippen LogP contribution in [0.5, 0.6) is 0 Å². The monoisotopic (exact) mass is 261 g/mol. The van der Waals surface area contributed by atoms with Crippen molar-refractivity contribution in [3.63, 3.8) is 0 Å². The van der Waals surface area contributed by atoms with E-state index in [9.17, 15) is 4.39 Å². The Morgan fingerprint density at radius 2 is 2.28 bits per heavy atom. The van der Waals surface area contributed by atoms with Crippen LogP contribution in [0.4, 0.5) is 4.39 Å². The van der Waals surface area contributed by atoms with Crippen LogP contribution in [-0.2, 0) is 6.54 Å². The van der Waals surface area contributed by atoms with Crippen LogP contribution in [0.25, 0.3) is 16.1 Å². The van der Waals surface area contributed by atoms with E-state index in [1.165, 1.54) is 6.07 Å². The number of nitrogens with two attached hydrogens (primary N) is 1. The minimum atomic E-state index is -0.185. The molecule has 3 rings (SSSR count). The number of thiazole rings is 1. The molecule has 0 bridgehead atoms. The van der Waals surface area contributed by atoms with E-state index in [2.05, 4.69) is 4.98 Å². The molecule has 18 heavy (non-hydrogen) atoms. The Morgan fingerprint density at radius 3 is 3.00 bits per heavy atom. The van der Waals surface area contributed by atoms with Gasteiger partial charge in [0.2, 0.25) is 0 Å². The number of rotatable bonds is 2. The first kappa shape index (κ1) is 11.4. The molecule has 0 fully saturated rings. The van der Waals surface area contributed by atoms with Crippen LogP contribution in [-0.4, -0.2) is 9.38 Å². The summed E-state index contributed by atoms with van der Waals surface area (Å²) in [6.45, 7) is 2.15. The third-order valence-electron chi connectivity index (χ3n) is 2.97. The summed E-state index contributed by atoms with van der Waals surface area (Å²) in [6.07, 6.45) is 1.81. The van der Waals surface area contributed by atoms with Crippen molar-refractivity contribution in [2.45, 2.75) is 13.5 Å². The average molecular weight is 261 g/mol. The predicted molar refractivity (Wildman–Crippen MR) is 71.1 cm³/mol. The lowest BCUT2D eigenvalue weighted by Crippen LogP contribution is -2.03. The zero-order valence-corrected chi connectivity index (χ0v) is 10.7. The van der Waals surface area contributed by atoms with Gasteiger partial charge in [0.25, 0.3) is 0 Å². The molecular weight excluding hydrogens is 249 g/mol. The lowest BCUT2D eigenvalue weighted by Gasteiger charge is -2.04. The van der Waals surface area contributed by atoms with Crippen LogP contribution >= 0.6 is 11.3 Å². The summed E-state index contributed by atoms with van der Waals surface area (Å²) in [5, 5.41) is 2.04. The van der Waals surface area contributed by atoms with E-state index in [0.717, 1.165) is 21.9 Å².